The van der Waals surface area contributed by atoms with Crippen LogP contribution in [-0.4, -0.2) is 43.1 Å². The maximum Gasteiger partial charge on any atom is 0.289 e. The molecule has 11 heteroatoms. The summed E-state index contributed by atoms with van der Waals surface area (Å²) in [5.41, 5.74) is 1.50. The zero-order valence-corrected chi connectivity index (χ0v) is 18.8. The summed E-state index contributed by atoms with van der Waals surface area (Å²) in [5, 5.41) is 6.19. The van der Waals surface area contributed by atoms with E-state index in [1.807, 2.05) is 6.07 Å². The number of nitrogens with one attached hydrogen (secondary N) is 2. The number of amidine groups is 1. The quantitative estimate of drug-likeness (QED) is 0.528. The predicted molar refractivity (Wildman–Crippen MR) is 124 cm³/mol. The van der Waals surface area contributed by atoms with Crippen LogP contribution in [0.2, 0.25) is 5.02 Å². The normalized spacial score (nSPS) is 14.2. The van der Waals surface area contributed by atoms with Crippen molar-refractivity contribution in [2.45, 2.75) is 11.4 Å². The number of halogens is 2. The first kappa shape index (κ1) is 22.8. The molecule has 0 saturated carbocycles. The largest absolute Gasteiger partial charge is 0.341 e. The molecule has 0 spiro atoms. The number of benzene rings is 2. The Hall–Kier alpha value is -3.34. The van der Waals surface area contributed by atoms with Gasteiger partial charge in [0.2, 0.25) is 5.91 Å². The number of rotatable bonds is 7. The van der Waals surface area contributed by atoms with Gasteiger partial charge in [0.15, 0.2) is 0 Å². The molecule has 0 unspecified atom stereocenters. The van der Waals surface area contributed by atoms with E-state index in [1.54, 1.807) is 47.6 Å². The molecule has 0 fully saturated rings. The minimum Gasteiger partial charge on any atom is -0.341 e. The SMILES string of the molecule is O=C(CN(CC1=NS(=O)(=O)c2c(F)cccc2N1)Cc1cccnc1)Nc1ccc(Cl)cc1. The van der Waals surface area contributed by atoms with E-state index in [9.17, 15) is 17.6 Å². The van der Waals surface area contributed by atoms with Crippen LogP contribution >= 0.6 is 11.6 Å². The molecule has 2 N–H and O–H groups in total. The topological polar surface area (TPSA) is 104 Å². The molecule has 0 radical (unpaired) electrons. The number of sulfonamides is 1. The number of hydrogen-bond acceptors (Lipinski definition) is 6. The fraction of sp³-hybridized carbons (Fsp3) is 0.136. The second kappa shape index (κ2) is 9.65. The van der Waals surface area contributed by atoms with Gasteiger partial charge in [0.05, 0.1) is 18.8 Å². The highest BCUT2D eigenvalue weighted by Crippen LogP contribution is 2.29. The van der Waals surface area contributed by atoms with Gasteiger partial charge in [0.25, 0.3) is 10.0 Å². The van der Waals surface area contributed by atoms with E-state index in [-0.39, 0.29) is 30.5 Å². The molecule has 1 aromatic heterocycles. The Morgan fingerprint density at radius 1 is 1.09 bits per heavy atom. The highest BCUT2D eigenvalue weighted by atomic mass is 35.5. The van der Waals surface area contributed by atoms with E-state index in [4.69, 9.17) is 11.6 Å². The lowest BCUT2D eigenvalue weighted by Gasteiger charge is -2.25. The molecular weight excluding hydrogens is 469 g/mol. The van der Waals surface area contributed by atoms with Gasteiger partial charge < -0.3 is 10.6 Å². The third-order valence-electron chi connectivity index (χ3n) is 4.73. The molecule has 1 amide bonds. The molecular formula is C22H19ClFN5O3S. The Labute approximate surface area is 195 Å². The first-order chi connectivity index (χ1) is 15.8. The average molecular weight is 488 g/mol. The lowest BCUT2D eigenvalue weighted by atomic mass is 10.2. The van der Waals surface area contributed by atoms with Crippen LogP contribution in [0.4, 0.5) is 15.8 Å². The summed E-state index contributed by atoms with van der Waals surface area (Å²) in [5.74, 6) is -1.11. The van der Waals surface area contributed by atoms with Crippen molar-refractivity contribution in [1.29, 1.82) is 0 Å². The van der Waals surface area contributed by atoms with E-state index in [0.29, 0.717) is 17.3 Å². The van der Waals surface area contributed by atoms with Crippen molar-refractivity contribution in [2.24, 2.45) is 4.40 Å². The molecule has 0 aliphatic carbocycles. The number of hydrogen-bond donors (Lipinski definition) is 2. The fourth-order valence-electron chi connectivity index (χ4n) is 3.37. The van der Waals surface area contributed by atoms with Crippen LogP contribution in [0.3, 0.4) is 0 Å². The van der Waals surface area contributed by atoms with Gasteiger partial charge in [-0.2, -0.15) is 8.42 Å². The van der Waals surface area contributed by atoms with Crippen molar-refractivity contribution in [2.75, 3.05) is 23.7 Å². The van der Waals surface area contributed by atoms with E-state index in [1.165, 1.54) is 12.1 Å². The highest BCUT2D eigenvalue weighted by molar-refractivity contribution is 7.90. The first-order valence-electron chi connectivity index (χ1n) is 9.86. The van der Waals surface area contributed by atoms with Crippen LogP contribution in [0.15, 0.2) is 76.3 Å². The first-order valence-corrected chi connectivity index (χ1v) is 11.7. The zero-order valence-electron chi connectivity index (χ0n) is 17.2. The molecule has 0 bridgehead atoms. The monoisotopic (exact) mass is 487 g/mol. The lowest BCUT2D eigenvalue weighted by molar-refractivity contribution is -0.117. The van der Waals surface area contributed by atoms with Crippen LogP contribution in [0.5, 0.6) is 0 Å². The summed E-state index contributed by atoms with van der Waals surface area (Å²) in [7, 11) is -4.22. The number of nitrogens with zero attached hydrogens (tertiary/aromatic N) is 3. The van der Waals surface area contributed by atoms with Crippen LogP contribution < -0.4 is 10.6 Å². The number of carbonyl (C=O) groups excluding carboxylic acids is 1. The standard InChI is InChI=1S/C22H19ClFN5O3S/c23-16-6-8-17(9-7-16)26-21(30)14-29(12-15-3-2-10-25-11-15)13-20-27-19-5-1-4-18(24)22(19)33(31,32)28-20/h1-11H,12-14H2,(H,26,30)(H,27,28). The second-order valence-corrected chi connectivity index (χ2v) is 9.29. The van der Waals surface area contributed by atoms with Crippen LogP contribution in [0.1, 0.15) is 5.56 Å². The smallest absolute Gasteiger partial charge is 0.289 e. The number of carbonyl (C=O) groups is 1. The Morgan fingerprint density at radius 2 is 1.88 bits per heavy atom. The Kier molecular flexibility index (Phi) is 6.68. The fourth-order valence-corrected chi connectivity index (χ4v) is 4.70. The third kappa shape index (κ3) is 5.72. The highest BCUT2D eigenvalue weighted by Gasteiger charge is 2.29. The van der Waals surface area contributed by atoms with Gasteiger partial charge in [0.1, 0.15) is 16.5 Å². The molecule has 0 saturated heterocycles. The number of aromatic nitrogens is 1. The summed E-state index contributed by atoms with van der Waals surface area (Å²) in [6.45, 7) is 0.241. The van der Waals surface area contributed by atoms with Crippen LogP contribution in [0, 0.1) is 5.82 Å². The van der Waals surface area contributed by atoms with Gasteiger partial charge >= 0.3 is 0 Å². The van der Waals surface area contributed by atoms with Gasteiger partial charge in [-0.25, -0.2) is 4.39 Å². The van der Waals surface area contributed by atoms with Gasteiger partial charge in [0, 0.05) is 29.6 Å². The molecule has 2 aromatic carbocycles. The van der Waals surface area contributed by atoms with Crippen molar-refractivity contribution in [3.8, 4) is 0 Å². The third-order valence-corrected chi connectivity index (χ3v) is 6.38. The van der Waals surface area contributed by atoms with E-state index < -0.39 is 20.7 Å². The molecule has 33 heavy (non-hydrogen) atoms. The summed E-state index contributed by atoms with van der Waals surface area (Å²) >= 11 is 5.88. The molecule has 1 aliphatic heterocycles. The average Bonchev–Trinajstić information content (AvgIpc) is 2.75. The molecule has 4 rings (SSSR count). The minimum atomic E-state index is -4.22. The van der Waals surface area contributed by atoms with Crippen LogP contribution in [0.25, 0.3) is 0 Å². The van der Waals surface area contributed by atoms with Crippen molar-refractivity contribution in [3.05, 3.63) is 83.4 Å². The summed E-state index contributed by atoms with van der Waals surface area (Å²) in [4.78, 5) is 18.0. The van der Waals surface area contributed by atoms with E-state index in [0.717, 1.165) is 11.6 Å². The molecule has 3 aromatic rings. The van der Waals surface area contributed by atoms with Gasteiger partial charge in [-0.1, -0.05) is 23.7 Å². The van der Waals surface area contributed by atoms with Crippen molar-refractivity contribution in [3.63, 3.8) is 0 Å². The van der Waals surface area contributed by atoms with E-state index >= 15 is 0 Å². The summed E-state index contributed by atoms with van der Waals surface area (Å²) in [6, 6.07) is 14.2. The Bertz CT molecular complexity index is 1300. The Morgan fingerprint density at radius 3 is 2.61 bits per heavy atom. The summed E-state index contributed by atoms with van der Waals surface area (Å²) in [6.07, 6.45) is 3.29. The summed E-state index contributed by atoms with van der Waals surface area (Å²) < 4.78 is 42.9. The Balaban J connectivity index is 1.54. The maximum absolute atomic E-state index is 14.1. The number of fused-ring (bicyclic) bond motifs is 1. The maximum atomic E-state index is 14.1. The van der Waals surface area contributed by atoms with Gasteiger partial charge in [-0.15, -0.1) is 4.40 Å². The minimum absolute atomic E-state index is 0.00187. The second-order valence-electron chi connectivity index (χ2n) is 7.32. The van der Waals surface area contributed by atoms with Crippen molar-refractivity contribution >= 4 is 44.7 Å². The number of pyridine rings is 1. The zero-order chi connectivity index (χ0) is 23.4. The molecule has 8 nitrogen and oxygen atoms in total. The van der Waals surface area contributed by atoms with E-state index in [2.05, 4.69) is 20.0 Å². The molecule has 2 heterocycles. The predicted octanol–water partition coefficient (Wildman–Crippen LogP) is 3.53. The van der Waals surface area contributed by atoms with Gasteiger partial charge in [-0.3, -0.25) is 14.7 Å². The van der Waals surface area contributed by atoms with Crippen molar-refractivity contribution in [1.82, 2.24) is 9.88 Å². The molecule has 1 aliphatic rings. The number of amides is 1. The van der Waals surface area contributed by atoms with Crippen LogP contribution in [-0.2, 0) is 21.4 Å². The van der Waals surface area contributed by atoms with Crippen molar-refractivity contribution < 1.29 is 17.6 Å². The number of anilines is 2. The van der Waals surface area contributed by atoms with Gasteiger partial charge in [-0.05, 0) is 48.0 Å². The molecule has 170 valence electrons. The lowest BCUT2D eigenvalue weighted by Crippen LogP contribution is -2.40. The molecule has 0 atom stereocenters.